The van der Waals surface area contributed by atoms with Crippen molar-refractivity contribution in [1.82, 2.24) is 15.1 Å². The molecule has 5 rings (SSSR count). The lowest BCUT2D eigenvalue weighted by molar-refractivity contribution is -0.136. The van der Waals surface area contributed by atoms with Crippen molar-refractivity contribution in [3.8, 4) is 0 Å². The molecule has 4 amide bonds. The minimum absolute atomic E-state index is 0.0728. The van der Waals surface area contributed by atoms with Crippen LogP contribution in [0.1, 0.15) is 71.4 Å². The van der Waals surface area contributed by atoms with Gasteiger partial charge >= 0.3 is 0 Å². The Balaban J connectivity index is 1.38. The summed E-state index contributed by atoms with van der Waals surface area (Å²) in [6, 6.07) is 14.1. The molecule has 0 saturated carbocycles. The molecule has 8 heteroatoms. The summed E-state index contributed by atoms with van der Waals surface area (Å²) in [7, 11) is 0. The van der Waals surface area contributed by atoms with Crippen LogP contribution in [0.2, 0.25) is 0 Å². The van der Waals surface area contributed by atoms with E-state index in [4.69, 9.17) is 0 Å². The van der Waals surface area contributed by atoms with Crippen molar-refractivity contribution < 1.29 is 24.3 Å². The van der Waals surface area contributed by atoms with Crippen LogP contribution < -0.4 is 5.32 Å². The number of carbonyl (C=O) groups is 4. The maximum atomic E-state index is 13.2. The predicted molar refractivity (Wildman–Crippen MR) is 127 cm³/mol. The summed E-state index contributed by atoms with van der Waals surface area (Å²) in [5.74, 6) is -2.16. The van der Waals surface area contributed by atoms with Crippen molar-refractivity contribution in [2.45, 2.75) is 63.3 Å². The first-order valence-electron chi connectivity index (χ1n) is 12.0. The molecule has 2 aromatic carbocycles. The molecule has 0 aromatic heterocycles. The number of hydrogen-bond acceptors (Lipinski definition) is 6. The fourth-order valence-electron chi connectivity index (χ4n) is 5.64. The first-order valence-corrected chi connectivity index (χ1v) is 12.0. The van der Waals surface area contributed by atoms with Gasteiger partial charge < -0.3 is 5.11 Å². The zero-order valence-electron chi connectivity index (χ0n) is 19.9. The molecule has 2 saturated heterocycles. The number of carbonyl (C=O) groups excluding carboxylic acids is 4. The lowest BCUT2D eigenvalue weighted by Crippen LogP contribution is -2.54. The third kappa shape index (κ3) is 4.06. The van der Waals surface area contributed by atoms with Crippen LogP contribution in [0.25, 0.3) is 0 Å². The van der Waals surface area contributed by atoms with E-state index >= 15 is 0 Å². The van der Waals surface area contributed by atoms with Gasteiger partial charge in [-0.1, -0.05) is 36.4 Å². The smallest absolute Gasteiger partial charge is 0.262 e. The van der Waals surface area contributed by atoms with Crippen molar-refractivity contribution in [1.29, 1.82) is 0 Å². The van der Waals surface area contributed by atoms with E-state index < -0.39 is 35.3 Å². The number of piperidine rings is 2. The number of nitrogens with one attached hydrogen (secondary N) is 1. The molecule has 35 heavy (non-hydrogen) atoms. The van der Waals surface area contributed by atoms with Gasteiger partial charge in [0, 0.05) is 25.0 Å². The van der Waals surface area contributed by atoms with Gasteiger partial charge in [0.25, 0.3) is 11.8 Å². The van der Waals surface area contributed by atoms with Gasteiger partial charge in [0.15, 0.2) is 0 Å². The standard InChI is InChI=1S/C27H29N3O5/c1-26(2)16-27(35,12-13-29(26)15-17-6-4-3-5-7-17)18-8-9-19-20(14-18)25(34)30(24(19)33)21-10-11-22(31)28-23(21)32/h3-9,14,21,35H,10-13,15-16H2,1-2H3,(H,28,31,32). The number of hydrogen-bond donors (Lipinski definition) is 2. The number of amides is 4. The van der Waals surface area contributed by atoms with Gasteiger partial charge in [0.05, 0.1) is 16.7 Å². The van der Waals surface area contributed by atoms with Crippen LogP contribution in [0.5, 0.6) is 0 Å². The van der Waals surface area contributed by atoms with E-state index in [1.807, 2.05) is 18.2 Å². The van der Waals surface area contributed by atoms with Gasteiger partial charge in [0.2, 0.25) is 11.8 Å². The third-order valence-corrected chi connectivity index (χ3v) is 7.57. The summed E-state index contributed by atoms with van der Waals surface area (Å²) < 4.78 is 0. The average Bonchev–Trinajstić information content (AvgIpc) is 3.06. The van der Waals surface area contributed by atoms with E-state index in [1.54, 1.807) is 18.2 Å². The Hall–Kier alpha value is -3.36. The summed E-state index contributed by atoms with van der Waals surface area (Å²) in [5.41, 5.74) is 0.747. The molecule has 3 aliphatic rings. The zero-order chi connectivity index (χ0) is 25.0. The normalized spacial score (nSPS) is 26.6. The molecule has 182 valence electrons. The lowest BCUT2D eigenvalue weighted by atomic mass is 9.75. The van der Waals surface area contributed by atoms with Gasteiger partial charge in [-0.05, 0) is 56.4 Å². The number of likely N-dealkylation sites (tertiary alicyclic amines) is 1. The van der Waals surface area contributed by atoms with Crippen molar-refractivity contribution in [2.75, 3.05) is 6.54 Å². The van der Waals surface area contributed by atoms with Gasteiger partial charge in [-0.3, -0.25) is 34.3 Å². The van der Waals surface area contributed by atoms with Crippen LogP contribution in [0.3, 0.4) is 0 Å². The number of aliphatic hydroxyl groups is 1. The Morgan fingerprint density at radius 1 is 1.00 bits per heavy atom. The second-order valence-electron chi connectivity index (χ2n) is 10.4. The number of nitrogens with zero attached hydrogens (tertiary/aromatic N) is 2. The van der Waals surface area contributed by atoms with Crippen molar-refractivity contribution in [3.05, 3.63) is 70.8 Å². The SMILES string of the molecule is CC1(C)CC(O)(c2ccc3c(c2)C(=O)N(C2CCC(=O)NC2=O)C3=O)CCN1Cc1ccccc1. The first kappa shape index (κ1) is 23.4. The van der Waals surface area contributed by atoms with Crippen LogP contribution >= 0.6 is 0 Å². The Morgan fingerprint density at radius 3 is 2.40 bits per heavy atom. The summed E-state index contributed by atoms with van der Waals surface area (Å²) >= 11 is 0. The Morgan fingerprint density at radius 2 is 1.71 bits per heavy atom. The van der Waals surface area contributed by atoms with Crippen LogP contribution in [-0.2, 0) is 21.7 Å². The maximum Gasteiger partial charge on any atom is 0.262 e. The molecular formula is C27H29N3O5. The van der Waals surface area contributed by atoms with Gasteiger partial charge in [0.1, 0.15) is 6.04 Å². The van der Waals surface area contributed by atoms with E-state index in [9.17, 15) is 24.3 Å². The van der Waals surface area contributed by atoms with E-state index in [0.717, 1.165) is 11.4 Å². The van der Waals surface area contributed by atoms with Crippen LogP contribution in [0.4, 0.5) is 0 Å². The summed E-state index contributed by atoms with van der Waals surface area (Å²) in [6.45, 7) is 5.66. The highest BCUT2D eigenvalue weighted by atomic mass is 16.3. The van der Waals surface area contributed by atoms with Crippen LogP contribution in [0, 0.1) is 0 Å². The van der Waals surface area contributed by atoms with Crippen LogP contribution in [0.15, 0.2) is 48.5 Å². The molecule has 0 aliphatic carbocycles. The molecule has 2 aromatic rings. The summed E-state index contributed by atoms with van der Waals surface area (Å²) in [6.07, 6.45) is 1.13. The first-order chi connectivity index (χ1) is 16.6. The topological polar surface area (TPSA) is 107 Å². The van der Waals surface area contributed by atoms with E-state index in [1.165, 1.54) is 5.56 Å². The Labute approximate surface area is 203 Å². The molecule has 0 spiro atoms. The molecule has 2 atom stereocenters. The highest BCUT2D eigenvalue weighted by Gasteiger charge is 2.47. The molecule has 2 unspecified atom stereocenters. The summed E-state index contributed by atoms with van der Waals surface area (Å²) in [4.78, 5) is 53.3. The van der Waals surface area contributed by atoms with Gasteiger partial charge in [-0.25, -0.2) is 0 Å². The number of imide groups is 2. The third-order valence-electron chi connectivity index (χ3n) is 7.57. The highest BCUT2D eigenvalue weighted by Crippen LogP contribution is 2.42. The maximum absolute atomic E-state index is 13.2. The molecule has 2 N–H and O–H groups in total. The molecule has 3 heterocycles. The van der Waals surface area contributed by atoms with E-state index in [2.05, 4.69) is 36.2 Å². The predicted octanol–water partition coefficient (Wildman–Crippen LogP) is 2.35. The lowest BCUT2D eigenvalue weighted by Gasteiger charge is -2.49. The summed E-state index contributed by atoms with van der Waals surface area (Å²) in [5, 5.41) is 13.9. The van der Waals surface area contributed by atoms with Crippen molar-refractivity contribution >= 4 is 23.6 Å². The van der Waals surface area contributed by atoms with E-state index in [0.29, 0.717) is 24.9 Å². The monoisotopic (exact) mass is 475 g/mol. The average molecular weight is 476 g/mol. The minimum atomic E-state index is -1.16. The van der Waals surface area contributed by atoms with Crippen molar-refractivity contribution in [2.24, 2.45) is 0 Å². The van der Waals surface area contributed by atoms with Gasteiger partial charge in [-0.15, -0.1) is 0 Å². The Bertz CT molecular complexity index is 1220. The second kappa shape index (κ2) is 8.39. The molecule has 0 bridgehead atoms. The zero-order valence-corrected chi connectivity index (χ0v) is 19.9. The largest absolute Gasteiger partial charge is 0.385 e. The fourth-order valence-corrected chi connectivity index (χ4v) is 5.64. The van der Waals surface area contributed by atoms with Crippen LogP contribution in [-0.4, -0.2) is 56.7 Å². The minimum Gasteiger partial charge on any atom is -0.385 e. The second-order valence-corrected chi connectivity index (χ2v) is 10.4. The number of fused-ring (bicyclic) bond motifs is 1. The fraction of sp³-hybridized carbons (Fsp3) is 0.407. The molecule has 2 fully saturated rings. The quantitative estimate of drug-likeness (QED) is 0.658. The molecule has 3 aliphatic heterocycles. The molecular weight excluding hydrogens is 446 g/mol. The highest BCUT2D eigenvalue weighted by molar-refractivity contribution is 6.23. The van der Waals surface area contributed by atoms with Gasteiger partial charge in [-0.2, -0.15) is 0 Å². The Kier molecular flexibility index (Phi) is 5.61. The van der Waals surface area contributed by atoms with Crippen molar-refractivity contribution in [3.63, 3.8) is 0 Å². The van der Waals surface area contributed by atoms with E-state index in [-0.39, 0.29) is 29.5 Å². The number of benzene rings is 2. The molecule has 0 radical (unpaired) electrons. The number of rotatable bonds is 4. The molecule has 8 nitrogen and oxygen atoms in total.